The molecule has 0 heterocycles. The highest BCUT2D eigenvalue weighted by Crippen LogP contribution is 2.64. The lowest BCUT2D eigenvalue weighted by Gasteiger charge is -2.62. The topological polar surface area (TPSA) is 80.7 Å². The normalized spacial score (nSPS) is 35.7. The molecule has 6 rings (SSSR count). The van der Waals surface area contributed by atoms with E-state index in [0.29, 0.717) is 40.5 Å². The van der Waals surface area contributed by atoms with Gasteiger partial charge >= 0.3 is 5.97 Å². The summed E-state index contributed by atoms with van der Waals surface area (Å²) in [4.78, 5) is 13.5. The van der Waals surface area contributed by atoms with Crippen LogP contribution >= 0.6 is 0 Å². The number of hydrogen-bond donors (Lipinski definition) is 1. The van der Waals surface area contributed by atoms with E-state index in [-0.39, 0.29) is 22.7 Å². The molecule has 0 spiro atoms. The molecule has 1 N–H and O–H groups in total. The number of carbonyl (C=O) groups excluding carboxylic acids is 1. The average Bonchev–Trinajstić information content (AvgIpc) is 2.79. The highest BCUT2D eigenvalue weighted by Gasteiger charge is 2.59. The standard InChI is InChI=1S/C27H38O5S/c1-15(2)21-14-24(16(3)12-25(21)33(29,30)31)32-27(28)23-13-22-17-8-4-6-10-19(17)26(23)20-11-7-5-9-18(20)22/h12,14-15,17-20,22-23,26H,4-11,13H2,1-3H3,(H,29,30,31). The van der Waals surface area contributed by atoms with E-state index >= 15 is 0 Å². The number of ether oxygens (including phenoxy) is 1. The second kappa shape index (κ2) is 8.67. The predicted octanol–water partition coefficient (Wildman–Crippen LogP) is 6.15. The maximum Gasteiger partial charge on any atom is 0.314 e. The van der Waals surface area contributed by atoms with Crippen LogP contribution in [0.4, 0.5) is 0 Å². The fraction of sp³-hybridized carbons (Fsp3) is 0.741. The number of aryl methyl sites for hydroxylation is 1. The Balaban J connectivity index is 1.44. The minimum Gasteiger partial charge on any atom is -0.426 e. The zero-order valence-corrected chi connectivity index (χ0v) is 20.9. The minimum atomic E-state index is -4.34. The van der Waals surface area contributed by atoms with Crippen molar-refractivity contribution in [2.75, 3.05) is 0 Å². The van der Waals surface area contributed by atoms with Crippen LogP contribution in [0.2, 0.25) is 0 Å². The van der Waals surface area contributed by atoms with E-state index in [1.54, 1.807) is 13.0 Å². The molecule has 5 unspecified atom stereocenters. The van der Waals surface area contributed by atoms with Gasteiger partial charge in [-0.05, 0) is 104 Å². The lowest BCUT2D eigenvalue weighted by molar-refractivity contribution is -0.171. The summed E-state index contributed by atoms with van der Waals surface area (Å²) in [7, 11) is -4.34. The molecule has 0 saturated heterocycles. The third-order valence-electron chi connectivity index (χ3n) is 9.55. The first-order valence-corrected chi connectivity index (χ1v) is 14.4. The molecular formula is C27H38O5S. The smallest absolute Gasteiger partial charge is 0.314 e. The Morgan fingerprint density at radius 2 is 1.48 bits per heavy atom. The molecule has 5 saturated carbocycles. The van der Waals surface area contributed by atoms with E-state index in [1.165, 1.54) is 57.4 Å². The maximum atomic E-state index is 13.6. The van der Waals surface area contributed by atoms with E-state index < -0.39 is 10.1 Å². The molecule has 5 aliphatic carbocycles. The number of fused-ring (bicyclic) bond motifs is 1. The van der Waals surface area contributed by atoms with Gasteiger partial charge in [-0.3, -0.25) is 9.35 Å². The van der Waals surface area contributed by atoms with Gasteiger partial charge in [0, 0.05) is 0 Å². The lowest BCUT2D eigenvalue weighted by atomic mass is 9.42. The van der Waals surface area contributed by atoms with E-state index in [1.807, 2.05) is 13.8 Å². The second-order valence-electron chi connectivity index (χ2n) is 11.5. The largest absolute Gasteiger partial charge is 0.426 e. The van der Waals surface area contributed by atoms with Crippen molar-refractivity contribution in [3.8, 4) is 5.75 Å². The van der Waals surface area contributed by atoms with Gasteiger partial charge < -0.3 is 4.74 Å². The molecule has 0 amide bonds. The van der Waals surface area contributed by atoms with Crippen LogP contribution in [0.5, 0.6) is 5.75 Å². The first kappa shape index (κ1) is 23.3. The molecule has 5 fully saturated rings. The second-order valence-corrected chi connectivity index (χ2v) is 12.9. The zero-order chi connectivity index (χ0) is 23.5. The molecule has 182 valence electrons. The SMILES string of the molecule is Cc1cc(S(=O)(=O)O)c(C(C)C)cc1OC(=O)C1CC2C3CCCCC3C1C1CCCCC21. The van der Waals surface area contributed by atoms with E-state index in [9.17, 15) is 17.8 Å². The third-order valence-corrected chi connectivity index (χ3v) is 10.5. The summed E-state index contributed by atoms with van der Waals surface area (Å²) < 4.78 is 39.5. The van der Waals surface area contributed by atoms with Crippen molar-refractivity contribution in [1.82, 2.24) is 0 Å². The average molecular weight is 475 g/mol. The van der Waals surface area contributed by atoms with Gasteiger partial charge in [-0.2, -0.15) is 8.42 Å². The number of rotatable bonds is 4. The lowest BCUT2D eigenvalue weighted by Crippen LogP contribution is -2.58. The Bertz CT molecular complexity index is 1010. The first-order valence-electron chi connectivity index (χ1n) is 13.0. The van der Waals surface area contributed by atoms with Gasteiger partial charge in [-0.15, -0.1) is 0 Å². The van der Waals surface area contributed by atoms with Crippen molar-refractivity contribution < 1.29 is 22.5 Å². The highest BCUT2D eigenvalue weighted by atomic mass is 32.2. The van der Waals surface area contributed by atoms with E-state index in [2.05, 4.69) is 0 Å². The molecule has 0 aromatic heterocycles. The number of esters is 1. The van der Waals surface area contributed by atoms with Crippen molar-refractivity contribution >= 4 is 16.1 Å². The third kappa shape index (κ3) is 4.05. The van der Waals surface area contributed by atoms with Gasteiger partial charge in [0.2, 0.25) is 0 Å². The van der Waals surface area contributed by atoms with E-state index in [0.717, 1.165) is 18.3 Å². The van der Waals surface area contributed by atoms with Crippen molar-refractivity contribution in [3.05, 3.63) is 23.3 Å². The van der Waals surface area contributed by atoms with Crippen LogP contribution in [0.3, 0.4) is 0 Å². The monoisotopic (exact) mass is 474 g/mol. The molecule has 6 heteroatoms. The Kier molecular flexibility index (Phi) is 6.14. The summed E-state index contributed by atoms with van der Waals surface area (Å²) in [5.41, 5.74) is 1.04. The van der Waals surface area contributed by atoms with Crippen molar-refractivity contribution in [2.45, 2.75) is 89.4 Å². The molecule has 5 nitrogen and oxygen atoms in total. The Labute approximate surface area is 198 Å². The molecule has 0 radical (unpaired) electrons. The van der Waals surface area contributed by atoms with Crippen LogP contribution in [0.25, 0.3) is 0 Å². The fourth-order valence-electron chi connectivity index (χ4n) is 8.33. The van der Waals surface area contributed by atoms with Gasteiger partial charge in [-0.1, -0.05) is 39.5 Å². The van der Waals surface area contributed by atoms with E-state index in [4.69, 9.17) is 4.74 Å². The van der Waals surface area contributed by atoms with Crippen molar-refractivity contribution in [3.63, 3.8) is 0 Å². The molecule has 2 bridgehead atoms. The summed E-state index contributed by atoms with van der Waals surface area (Å²) >= 11 is 0. The van der Waals surface area contributed by atoms with Gasteiger partial charge in [-0.25, -0.2) is 0 Å². The van der Waals surface area contributed by atoms with Crippen molar-refractivity contribution in [2.24, 2.45) is 41.4 Å². The number of benzene rings is 1. The first-order chi connectivity index (χ1) is 15.7. The molecule has 5 aliphatic rings. The summed E-state index contributed by atoms with van der Waals surface area (Å²) in [6.07, 6.45) is 11.4. The molecule has 1 aromatic carbocycles. The predicted molar refractivity (Wildman–Crippen MR) is 127 cm³/mol. The number of carbonyl (C=O) groups is 1. The maximum absolute atomic E-state index is 13.6. The summed E-state index contributed by atoms with van der Waals surface area (Å²) in [6, 6.07) is 3.09. The van der Waals surface area contributed by atoms with Crippen LogP contribution in [-0.2, 0) is 14.9 Å². The van der Waals surface area contributed by atoms with Crippen LogP contribution in [0.1, 0.15) is 88.7 Å². The van der Waals surface area contributed by atoms with Gasteiger partial charge in [0.25, 0.3) is 10.1 Å². The molecule has 33 heavy (non-hydrogen) atoms. The Hall–Kier alpha value is -1.40. The van der Waals surface area contributed by atoms with Crippen LogP contribution < -0.4 is 4.74 Å². The van der Waals surface area contributed by atoms with Crippen LogP contribution in [-0.4, -0.2) is 18.9 Å². The zero-order valence-electron chi connectivity index (χ0n) is 20.1. The Morgan fingerprint density at radius 3 is 2.00 bits per heavy atom. The van der Waals surface area contributed by atoms with Gasteiger partial charge in [0.1, 0.15) is 5.75 Å². The minimum absolute atomic E-state index is 0.0446. The summed E-state index contributed by atoms with van der Waals surface area (Å²) in [6.45, 7) is 5.48. The fourth-order valence-corrected chi connectivity index (χ4v) is 9.24. The van der Waals surface area contributed by atoms with Crippen LogP contribution in [0, 0.1) is 48.3 Å². The highest BCUT2D eigenvalue weighted by molar-refractivity contribution is 7.85. The van der Waals surface area contributed by atoms with Gasteiger partial charge in [0.15, 0.2) is 0 Å². The Morgan fingerprint density at radius 1 is 0.939 bits per heavy atom. The molecular weight excluding hydrogens is 436 g/mol. The summed E-state index contributed by atoms with van der Waals surface area (Å²) in [5.74, 6) is 4.18. The quantitative estimate of drug-likeness (QED) is 0.322. The number of hydrogen-bond acceptors (Lipinski definition) is 4. The molecule has 0 aliphatic heterocycles. The van der Waals surface area contributed by atoms with Gasteiger partial charge in [0.05, 0.1) is 10.8 Å². The summed E-state index contributed by atoms with van der Waals surface area (Å²) in [5, 5.41) is 0. The van der Waals surface area contributed by atoms with Crippen molar-refractivity contribution in [1.29, 1.82) is 0 Å². The van der Waals surface area contributed by atoms with Crippen LogP contribution in [0.15, 0.2) is 17.0 Å². The molecule has 1 aromatic rings. The molecule has 5 atom stereocenters.